The molecule has 7 nitrogen and oxygen atoms in total. The van der Waals surface area contributed by atoms with Crippen molar-refractivity contribution < 1.29 is 9.47 Å². The van der Waals surface area contributed by atoms with Crippen molar-refractivity contribution >= 4 is 11.5 Å². The zero-order chi connectivity index (χ0) is 18.7. The van der Waals surface area contributed by atoms with Crippen LogP contribution in [-0.4, -0.2) is 33.5 Å². The van der Waals surface area contributed by atoms with Crippen LogP contribution in [0.5, 0.6) is 11.5 Å². The van der Waals surface area contributed by atoms with Crippen LogP contribution in [0, 0.1) is 0 Å². The summed E-state index contributed by atoms with van der Waals surface area (Å²) >= 11 is 0. The van der Waals surface area contributed by atoms with Gasteiger partial charge in [0, 0.05) is 12.0 Å². The number of fused-ring (bicyclic) bond motifs is 1. The Hall–Kier alpha value is -2.83. The molecule has 2 heterocycles. The normalized spacial score (nSPS) is 11.6. The van der Waals surface area contributed by atoms with Gasteiger partial charge >= 0.3 is 0 Å². The Morgan fingerprint density at radius 1 is 1.08 bits per heavy atom. The number of nitrogens with zero attached hydrogens (tertiary/aromatic N) is 4. The zero-order valence-corrected chi connectivity index (χ0v) is 15.9. The van der Waals surface area contributed by atoms with Crippen molar-refractivity contribution in [3.05, 3.63) is 41.7 Å². The van der Waals surface area contributed by atoms with E-state index in [-0.39, 0.29) is 5.41 Å². The predicted octanol–water partition coefficient (Wildman–Crippen LogP) is 3.44. The Kier molecular flexibility index (Phi) is 4.97. The highest BCUT2D eigenvalue weighted by atomic mass is 16.5. The van der Waals surface area contributed by atoms with Gasteiger partial charge in [-0.2, -0.15) is 4.52 Å². The molecule has 0 amide bonds. The number of benzene rings is 1. The molecule has 0 radical (unpaired) electrons. The Bertz CT molecular complexity index is 899. The van der Waals surface area contributed by atoms with Crippen molar-refractivity contribution in [2.75, 3.05) is 19.0 Å². The maximum atomic E-state index is 5.63. The largest absolute Gasteiger partial charge is 0.493 e. The molecular formula is C19H25N5O2. The Labute approximate surface area is 153 Å². The van der Waals surface area contributed by atoms with Gasteiger partial charge < -0.3 is 14.8 Å². The van der Waals surface area contributed by atoms with E-state index in [0.29, 0.717) is 13.2 Å². The first-order valence-electron chi connectivity index (χ1n) is 8.69. The van der Waals surface area contributed by atoms with Gasteiger partial charge in [-0.1, -0.05) is 26.8 Å². The van der Waals surface area contributed by atoms with Crippen molar-refractivity contribution in [1.82, 2.24) is 19.8 Å². The topological polar surface area (TPSA) is 73.6 Å². The molecule has 26 heavy (non-hydrogen) atoms. The van der Waals surface area contributed by atoms with Gasteiger partial charge in [0.25, 0.3) is 0 Å². The number of hydrogen-bond acceptors (Lipinski definition) is 6. The Morgan fingerprint density at radius 2 is 1.88 bits per heavy atom. The Balaban J connectivity index is 1.80. The van der Waals surface area contributed by atoms with Crippen LogP contribution in [0.1, 0.15) is 39.1 Å². The molecule has 0 bridgehead atoms. The summed E-state index contributed by atoms with van der Waals surface area (Å²) in [6.45, 7) is 9.45. The fourth-order valence-corrected chi connectivity index (χ4v) is 2.64. The second-order valence-corrected chi connectivity index (χ2v) is 7.03. The molecule has 7 heteroatoms. The molecule has 2 aromatic heterocycles. The van der Waals surface area contributed by atoms with Gasteiger partial charge in [-0.15, -0.1) is 15.3 Å². The fraction of sp³-hybridized carbons (Fsp3) is 0.421. The first-order chi connectivity index (χ1) is 12.4. The molecule has 138 valence electrons. The van der Waals surface area contributed by atoms with Crippen LogP contribution in [0.4, 0.5) is 5.82 Å². The monoisotopic (exact) mass is 355 g/mol. The number of anilines is 1. The lowest BCUT2D eigenvalue weighted by Gasteiger charge is -2.15. The number of nitrogens with one attached hydrogen (secondary N) is 1. The highest BCUT2D eigenvalue weighted by molar-refractivity contribution is 5.47. The van der Waals surface area contributed by atoms with Crippen LogP contribution in [-0.2, 0) is 12.0 Å². The second-order valence-electron chi connectivity index (χ2n) is 7.03. The molecule has 0 spiro atoms. The summed E-state index contributed by atoms with van der Waals surface area (Å²) in [5.41, 5.74) is 1.69. The van der Waals surface area contributed by atoms with E-state index in [9.17, 15) is 0 Å². The van der Waals surface area contributed by atoms with Gasteiger partial charge in [-0.3, -0.25) is 0 Å². The van der Waals surface area contributed by atoms with Crippen molar-refractivity contribution in [2.45, 2.75) is 39.7 Å². The molecule has 1 N–H and O–H groups in total. The average molecular weight is 355 g/mol. The predicted molar refractivity (Wildman–Crippen MR) is 101 cm³/mol. The van der Waals surface area contributed by atoms with Crippen molar-refractivity contribution in [1.29, 1.82) is 0 Å². The SMILES string of the molecule is CCOc1cc(CNc2ccc3nnc(C(C)(C)C)n3n2)ccc1OC. The van der Waals surface area contributed by atoms with Crippen LogP contribution in [0.25, 0.3) is 5.65 Å². The van der Waals surface area contributed by atoms with Crippen molar-refractivity contribution in [2.24, 2.45) is 0 Å². The van der Waals surface area contributed by atoms with E-state index in [0.717, 1.165) is 34.4 Å². The molecular weight excluding hydrogens is 330 g/mol. The smallest absolute Gasteiger partial charge is 0.178 e. The quantitative estimate of drug-likeness (QED) is 0.730. The lowest BCUT2D eigenvalue weighted by atomic mass is 9.96. The van der Waals surface area contributed by atoms with E-state index in [2.05, 4.69) is 41.4 Å². The molecule has 0 aliphatic carbocycles. The highest BCUT2D eigenvalue weighted by Crippen LogP contribution is 2.28. The third-order valence-corrected chi connectivity index (χ3v) is 3.94. The third kappa shape index (κ3) is 3.71. The molecule has 0 aliphatic heterocycles. The standard InChI is InChI=1S/C19H25N5O2/c1-6-26-15-11-13(7-8-14(15)25-5)12-20-16-9-10-17-21-22-18(19(2,3)4)24(17)23-16/h7-11H,6,12H2,1-5H3,(H,20,23). The molecule has 0 atom stereocenters. The van der Waals surface area contributed by atoms with Crippen molar-refractivity contribution in [3.63, 3.8) is 0 Å². The van der Waals surface area contributed by atoms with Gasteiger partial charge in [0.15, 0.2) is 23.0 Å². The maximum Gasteiger partial charge on any atom is 0.178 e. The van der Waals surface area contributed by atoms with Gasteiger partial charge in [0.05, 0.1) is 13.7 Å². The van der Waals surface area contributed by atoms with Crippen LogP contribution in [0.15, 0.2) is 30.3 Å². The van der Waals surface area contributed by atoms with E-state index in [1.165, 1.54) is 0 Å². The summed E-state index contributed by atoms with van der Waals surface area (Å²) in [6.07, 6.45) is 0. The van der Waals surface area contributed by atoms with E-state index in [1.54, 1.807) is 11.6 Å². The third-order valence-electron chi connectivity index (χ3n) is 3.94. The number of ether oxygens (including phenoxy) is 2. The minimum absolute atomic E-state index is 0.132. The van der Waals surface area contributed by atoms with E-state index in [4.69, 9.17) is 9.47 Å². The lowest BCUT2D eigenvalue weighted by Crippen LogP contribution is -2.17. The first-order valence-corrected chi connectivity index (χ1v) is 8.69. The summed E-state index contributed by atoms with van der Waals surface area (Å²) in [5.74, 6) is 3.07. The van der Waals surface area contributed by atoms with Gasteiger partial charge in [-0.25, -0.2) is 0 Å². The van der Waals surface area contributed by atoms with E-state index < -0.39 is 0 Å². The molecule has 0 saturated heterocycles. The summed E-state index contributed by atoms with van der Waals surface area (Å²) in [5, 5.41) is 16.4. The van der Waals surface area contributed by atoms with Crippen LogP contribution in [0.3, 0.4) is 0 Å². The molecule has 3 rings (SSSR count). The highest BCUT2D eigenvalue weighted by Gasteiger charge is 2.21. The van der Waals surface area contributed by atoms with Crippen molar-refractivity contribution in [3.8, 4) is 11.5 Å². The summed E-state index contributed by atoms with van der Waals surface area (Å²) in [7, 11) is 1.64. The van der Waals surface area contributed by atoms with Crippen LogP contribution >= 0.6 is 0 Å². The second kappa shape index (κ2) is 7.19. The zero-order valence-electron chi connectivity index (χ0n) is 15.9. The molecule has 0 fully saturated rings. The minimum atomic E-state index is -0.132. The van der Waals surface area contributed by atoms with Gasteiger partial charge in [0.1, 0.15) is 5.82 Å². The molecule has 0 unspecified atom stereocenters. The molecule has 1 aromatic carbocycles. The van der Waals surface area contributed by atoms with E-state index >= 15 is 0 Å². The number of hydrogen-bond donors (Lipinski definition) is 1. The lowest BCUT2D eigenvalue weighted by molar-refractivity contribution is 0.310. The molecule has 0 saturated carbocycles. The summed E-state index contributed by atoms with van der Waals surface area (Å²) in [4.78, 5) is 0. The van der Waals surface area contributed by atoms with Crippen LogP contribution < -0.4 is 14.8 Å². The van der Waals surface area contributed by atoms with E-state index in [1.807, 2.05) is 37.3 Å². The molecule has 0 aliphatic rings. The Morgan fingerprint density at radius 3 is 2.58 bits per heavy atom. The number of aromatic nitrogens is 4. The summed E-state index contributed by atoms with van der Waals surface area (Å²) < 4.78 is 12.8. The van der Waals surface area contributed by atoms with Gasteiger partial charge in [0.2, 0.25) is 0 Å². The maximum absolute atomic E-state index is 5.63. The summed E-state index contributed by atoms with van der Waals surface area (Å²) in [6, 6.07) is 9.72. The minimum Gasteiger partial charge on any atom is -0.493 e. The number of rotatable bonds is 6. The van der Waals surface area contributed by atoms with Crippen LogP contribution in [0.2, 0.25) is 0 Å². The van der Waals surface area contributed by atoms with Gasteiger partial charge in [-0.05, 0) is 36.8 Å². The average Bonchev–Trinajstić information content (AvgIpc) is 3.04. The molecule has 3 aromatic rings. The fourth-order valence-electron chi connectivity index (χ4n) is 2.64. The number of methoxy groups -OCH3 is 1. The first kappa shape index (κ1) is 18.0.